The van der Waals surface area contributed by atoms with Crippen molar-refractivity contribution in [3.8, 4) is 0 Å². The van der Waals surface area contributed by atoms with Crippen LogP contribution in [-0.4, -0.2) is 53.9 Å². The third-order valence-corrected chi connectivity index (χ3v) is 5.59. The highest BCUT2D eigenvalue weighted by Crippen LogP contribution is 2.29. The minimum absolute atomic E-state index is 0.410. The normalized spacial score (nSPS) is 29.0. The van der Waals surface area contributed by atoms with E-state index in [1.165, 1.54) is 52.0 Å². The number of fused-ring (bicyclic) bond motifs is 1. The van der Waals surface area contributed by atoms with Gasteiger partial charge in [0.05, 0.1) is 0 Å². The highest BCUT2D eigenvalue weighted by atomic mass is 79.9. The molecule has 2 unspecified atom stereocenters. The molecule has 2 fully saturated rings. The van der Waals surface area contributed by atoms with E-state index in [1.807, 2.05) is 0 Å². The summed E-state index contributed by atoms with van der Waals surface area (Å²) in [6, 6.07) is 0.850. The summed E-state index contributed by atoms with van der Waals surface area (Å²) in [5.74, 6) is 0.757. The molecule has 18 heavy (non-hydrogen) atoms. The first-order chi connectivity index (χ1) is 8.50. The Morgan fingerprint density at radius 3 is 2.61 bits per heavy atom. The summed E-state index contributed by atoms with van der Waals surface area (Å²) in [5.41, 5.74) is 0.410. The second-order valence-electron chi connectivity index (χ2n) is 7.16. The van der Waals surface area contributed by atoms with Gasteiger partial charge in [-0.15, -0.1) is 0 Å². The monoisotopic (exact) mass is 316 g/mol. The molecule has 0 bridgehead atoms. The first-order valence-corrected chi connectivity index (χ1v) is 8.65. The van der Waals surface area contributed by atoms with E-state index in [-0.39, 0.29) is 0 Å². The molecule has 0 aromatic rings. The molecule has 2 atom stereocenters. The fourth-order valence-corrected chi connectivity index (χ4v) is 4.43. The van der Waals surface area contributed by atoms with E-state index in [2.05, 4.69) is 46.5 Å². The van der Waals surface area contributed by atoms with Gasteiger partial charge in [-0.1, -0.05) is 43.1 Å². The second-order valence-corrected chi connectivity index (χ2v) is 7.81. The van der Waals surface area contributed by atoms with Gasteiger partial charge >= 0.3 is 0 Å². The zero-order valence-corrected chi connectivity index (χ0v) is 13.9. The van der Waals surface area contributed by atoms with Crippen molar-refractivity contribution < 1.29 is 0 Å². The van der Waals surface area contributed by atoms with Crippen molar-refractivity contribution in [2.45, 2.75) is 46.1 Å². The Morgan fingerprint density at radius 2 is 1.94 bits per heavy atom. The largest absolute Gasteiger partial charge is 0.300 e. The molecule has 0 aromatic carbocycles. The molecule has 0 amide bonds. The van der Waals surface area contributed by atoms with Crippen LogP contribution in [0.1, 0.15) is 40.0 Å². The van der Waals surface area contributed by atoms with Gasteiger partial charge in [0.1, 0.15) is 0 Å². The highest BCUT2D eigenvalue weighted by molar-refractivity contribution is 9.09. The molecule has 0 aliphatic carbocycles. The molecule has 2 heterocycles. The van der Waals surface area contributed by atoms with Gasteiger partial charge in [0, 0.05) is 37.6 Å². The predicted octanol–water partition coefficient (Wildman–Crippen LogP) is 3.21. The van der Waals surface area contributed by atoms with E-state index in [0.717, 1.165) is 17.3 Å². The lowest BCUT2D eigenvalue weighted by Gasteiger charge is -2.45. The summed E-state index contributed by atoms with van der Waals surface area (Å²) in [6.45, 7) is 13.6. The molecule has 0 N–H and O–H groups in total. The van der Waals surface area contributed by atoms with Crippen molar-refractivity contribution in [1.82, 2.24) is 9.80 Å². The zero-order chi connectivity index (χ0) is 13.2. The summed E-state index contributed by atoms with van der Waals surface area (Å²) < 4.78 is 0. The van der Waals surface area contributed by atoms with Crippen LogP contribution in [0.2, 0.25) is 0 Å². The smallest absolute Gasteiger partial charge is 0.0223 e. The van der Waals surface area contributed by atoms with Crippen molar-refractivity contribution >= 4 is 15.9 Å². The Bertz CT molecular complexity index is 262. The van der Waals surface area contributed by atoms with Crippen LogP contribution in [0, 0.1) is 11.3 Å². The molecule has 106 valence electrons. The van der Waals surface area contributed by atoms with Crippen LogP contribution in [0.4, 0.5) is 0 Å². The quantitative estimate of drug-likeness (QED) is 0.738. The Morgan fingerprint density at radius 1 is 1.17 bits per heavy atom. The molecule has 0 radical (unpaired) electrons. The predicted molar refractivity (Wildman–Crippen MR) is 82.4 cm³/mol. The van der Waals surface area contributed by atoms with Crippen molar-refractivity contribution in [1.29, 1.82) is 0 Å². The summed E-state index contributed by atoms with van der Waals surface area (Å²) in [5, 5.41) is 1.13. The number of rotatable bonds is 3. The van der Waals surface area contributed by atoms with Crippen molar-refractivity contribution in [2.24, 2.45) is 11.3 Å². The van der Waals surface area contributed by atoms with E-state index in [4.69, 9.17) is 0 Å². The van der Waals surface area contributed by atoms with Gasteiger partial charge in [-0.05, 0) is 30.7 Å². The number of nitrogens with zero attached hydrogens (tertiary/aromatic N) is 2. The Hall–Kier alpha value is 0.400. The molecule has 2 aliphatic heterocycles. The maximum Gasteiger partial charge on any atom is 0.0223 e. The van der Waals surface area contributed by atoms with Crippen LogP contribution < -0.4 is 0 Å². The summed E-state index contributed by atoms with van der Waals surface area (Å²) in [4.78, 5) is 5.43. The van der Waals surface area contributed by atoms with Crippen LogP contribution in [0.15, 0.2) is 0 Å². The van der Waals surface area contributed by atoms with Crippen LogP contribution in [-0.2, 0) is 0 Å². The van der Waals surface area contributed by atoms with Gasteiger partial charge in [-0.25, -0.2) is 0 Å². The number of alkyl halides is 1. The second kappa shape index (κ2) is 6.23. The lowest BCUT2D eigenvalue weighted by atomic mass is 9.81. The van der Waals surface area contributed by atoms with E-state index >= 15 is 0 Å². The van der Waals surface area contributed by atoms with E-state index in [9.17, 15) is 0 Å². The SMILES string of the molecule is CC(C)(C)C(CBr)CN1CCN2CCCCC2C1. The zero-order valence-electron chi connectivity index (χ0n) is 12.3. The minimum atomic E-state index is 0.410. The maximum absolute atomic E-state index is 3.71. The van der Waals surface area contributed by atoms with Crippen LogP contribution in [0.5, 0.6) is 0 Å². The van der Waals surface area contributed by atoms with Gasteiger partial charge in [-0.3, -0.25) is 4.90 Å². The third-order valence-electron chi connectivity index (χ3n) is 4.81. The standard InChI is InChI=1S/C15H29BrN2/c1-15(2,3)13(10-16)11-17-8-9-18-7-5-4-6-14(18)12-17/h13-14H,4-12H2,1-3H3. The van der Waals surface area contributed by atoms with Crippen molar-refractivity contribution in [2.75, 3.05) is 38.1 Å². The molecule has 2 aliphatic rings. The average Bonchev–Trinajstić information content (AvgIpc) is 2.34. The van der Waals surface area contributed by atoms with Crippen molar-refractivity contribution in [3.05, 3.63) is 0 Å². The molecule has 2 nitrogen and oxygen atoms in total. The van der Waals surface area contributed by atoms with Crippen LogP contribution >= 0.6 is 15.9 Å². The average molecular weight is 317 g/mol. The molecule has 0 saturated carbocycles. The number of piperazine rings is 1. The molecule has 0 spiro atoms. The minimum Gasteiger partial charge on any atom is -0.300 e. The molecule has 2 saturated heterocycles. The van der Waals surface area contributed by atoms with Crippen molar-refractivity contribution in [3.63, 3.8) is 0 Å². The Labute approximate surface area is 121 Å². The fourth-order valence-electron chi connectivity index (χ4n) is 3.25. The number of hydrogen-bond acceptors (Lipinski definition) is 2. The molecule has 0 aromatic heterocycles. The van der Waals surface area contributed by atoms with Crippen LogP contribution in [0.3, 0.4) is 0 Å². The van der Waals surface area contributed by atoms with Gasteiger partial charge in [0.2, 0.25) is 0 Å². The summed E-state index contributed by atoms with van der Waals surface area (Å²) >= 11 is 3.71. The van der Waals surface area contributed by atoms with E-state index in [1.54, 1.807) is 0 Å². The van der Waals surface area contributed by atoms with Gasteiger partial charge < -0.3 is 4.90 Å². The summed E-state index contributed by atoms with van der Waals surface area (Å²) in [7, 11) is 0. The van der Waals surface area contributed by atoms with Crippen LogP contribution in [0.25, 0.3) is 0 Å². The molecule has 3 heteroatoms. The lowest BCUT2D eigenvalue weighted by Crippen LogP contribution is -2.56. The number of hydrogen-bond donors (Lipinski definition) is 0. The van der Waals surface area contributed by atoms with Gasteiger partial charge in [0.15, 0.2) is 0 Å². The first kappa shape index (κ1) is 14.8. The highest BCUT2D eigenvalue weighted by Gasteiger charge is 2.32. The van der Waals surface area contributed by atoms with E-state index in [0.29, 0.717) is 5.41 Å². The first-order valence-electron chi connectivity index (χ1n) is 7.53. The fraction of sp³-hybridized carbons (Fsp3) is 1.00. The molecule has 2 rings (SSSR count). The topological polar surface area (TPSA) is 6.48 Å². The third kappa shape index (κ3) is 3.71. The Kier molecular flexibility index (Phi) is 5.13. The van der Waals surface area contributed by atoms with Gasteiger partial charge in [0.25, 0.3) is 0 Å². The van der Waals surface area contributed by atoms with Gasteiger partial charge in [-0.2, -0.15) is 0 Å². The summed E-state index contributed by atoms with van der Waals surface area (Å²) in [6.07, 6.45) is 4.28. The molecular formula is C15H29BrN2. The lowest BCUT2D eigenvalue weighted by molar-refractivity contribution is 0.0337. The number of piperidine rings is 1. The molecular weight excluding hydrogens is 288 g/mol. The Balaban J connectivity index is 1.87. The number of halogens is 1. The van der Waals surface area contributed by atoms with E-state index < -0.39 is 0 Å². The maximum atomic E-state index is 3.71.